The molecule has 2 aromatic carbocycles. The average molecular weight is 384 g/mol. The van der Waals surface area contributed by atoms with Crippen LogP contribution in [0.15, 0.2) is 47.4 Å². The predicted molar refractivity (Wildman–Crippen MR) is 92.6 cm³/mol. The number of primary sulfonamides is 1. The zero-order valence-corrected chi connectivity index (χ0v) is 14.3. The van der Waals surface area contributed by atoms with Crippen molar-refractivity contribution in [3.63, 3.8) is 0 Å². The number of benzene rings is 2. The number of anilines is 2. The summed E-state index contributed by atoms with van der Waals surface area (Å²) in [5.74, 6) is -1.41. The number of carbonyl (C=O) groups excluding carboxylic acids is 2. The zero-order valence-electron chi connectivity index (χ0n) is 12.7. The van der Waals surface area contributed by atoms with E-state index in [0.29, 0.717) is 10.7 Å². The zero-order chi connectivity index (χ0) is 18.6. The van der Waals surface area contributed by atoms with Gasteiger partial charge in [0, 0.05) is 16.4 Å². The van der Waals surface area contributed by atoms with Gasteiger partial charge >= 0.3 is 5.97 Å². The Morgan fingerprint density at radius 2 is 1.76 bits per heavy atom. The smallest absolute Gasteiger partial charge is 0.340 e. The Balaban J connectivity index is 1.94. The Morgan fingerprint density at radius 3 is 2.36 bits per heavy atom. The standard InChI is InChI=1S/C15H14ClN3O5S/c16-9-1-6-13(17)12(7-9)15(21)24-8-14(20)19-10-2-4-11(5-3-10)25(18,22)23/h1-7H,8,17H2,(H,19,20)(H2,18,22,23). The first-order valence-corrected chi connectivity index (χ1v) is 8.74. The maximum Gasteiger partial charge on any atom is 0.340 e. The topological polar surface area (TPSA) is 142 Å². The van der Waals surface area contributed by atoms with Gasteiger partial charge in [0.1, 0.15) is 0 Å². The molecular formula is C15H14ClN3O5S. The van der Waals surface area contributed by atoms with Gasteiger partial charge in [-0.25, -0.2) is 18.4 Å². The van der Waals surface area contributed by atoms with E-state index in [0.717, 1.165) is 0 Å². The molecule has 5 N–H and O–H groups in total. The van der Waals surface area contributed by atoms with Gasteiger partial charge in [0.25, 0.3) is 5.91 Å². The third-order valence-electron chi connectivity index (χ3n) is 3.04. The molecule has 0 saturated carbocycles. The molecule has 0 aliphatic carbocycles. The molecule has 8 nitrogen and oxygen atoms in total. The van der Waals surface area contributed by atoms with Crippen LogP contribution in [-0.2, 0) is 19.6 Å². The van der Waals surface area contributed by atoms with Crippen LogP contribution in [-0.4, -0.2) is 26.9 Å². The number of amides is 1. The summed E-state index contributed by atoms with van der Waals surface area (Å²) >= 11 is 5.78. The maximum absolute atomic E-state index is 11.9. The number of rotatable bonds is 5. The van der Waals surface area contributed by atoms with Crippen LogP contribution in [0.4, 0.5) is 11.4 Å². The fourth-order valence-electron chi connectivity index (χ4n) is 1.84. The molecule has 0 spiro atoms. The van der Waals surface area contributed by atoms with Crippen molar-refractivity contribution in [1.29, 1.82) is 0 Å². The molecule has 0 radical (unpaired) electrons. The van der Waals surface area contributed by atoms with Crippen molar-refractivity contribution in [2.24, 2.45) is 5.14 Å². The fourth-order valence-corrected chi connectivity index (χ4v) is 2.53. The van der Waals surface area contributed by atoms with Gasteiger partial charge in [-0.3, -0.25) is 4.79 Å². The number of nitrogens with two attached hydrogens (primary N) is 2. The van der Waals surface area contributed by atoms with Crippen LogP contribution in [0.25, 0.3) is 0 Å². The molecule has 0 heterocycles. The van der Waals surface area contributed by atoms with Crippen molar-refractivity contribution in [2.75, 3.05) is 17.7 Å². The summed E-state index contributed by atoms with van der Waals surface area (Å²) in [6, 6.07) is 9.50. The molecule has 0 bridgehead atoms. The van der Waals surface area contributed by atoms with Crippen LogP contribution < -0.4 is 16.2 Å². The molecule has 132 valence electrons. The Labute approximate surface area is 148 Å². The van der Waals surface area contributed by atoms with E-state index in [1.807, 2.05) is 0 Å². The number of hydrogen-bond acceptors (Lipinski definition) is 6. The first kappa shape index (κ1) is 18.7. The van der Waals surface area contributed by atoms with Gasteiger partial charge in [-0.15, -0.1) is 0 Å². The molecule has 0 aromatic heterocycles. The second-order valence-corrected chi connectivity index (χ2v) is 6.92. The minimum absolute atomic E-state index is 0.0535. The molecule has 0 unspecified atom stereocenters. The summed E-state index contributed by atoms with van der Waals surface area (Å²) < 4.78 is 27.2. The van der Waals surface area contributed by atoms with E-state index in [2.05, 4.69) is 5.32 Å². The SMILES string of the molecule is Nc1ccc(Cl)cc1C(=O)OCC(=O)Nc1ccc(S(N)(=O)=O)cc1. The minimum Gasteiger partial charge on any atom is -0.452 e. The maximum atomic E-state index is 11.9. The quantitative estimate of drug-likeness (QED) is 0.525. The van der Waals surface area contributed by atoms with Crippen LogP contribution in [0, 0.1) is 0 Å². The van der Waals surface area contributed by atoms with Crippen LogP contribution in [0.5, 0.6) is 0 Å². The van der Waals surface area contributed by atoms with Gasteiger partial charge in [0.2, 0.25) is 10.0 Å². The molecular weight excluding hydrogens is 370 g/mol. The molecule has 10 heteroatoms. The summed E-state index contributed by atoms with van der Waals surface area (Å²) in [6.45, 7) is -0.554. The number of hydrogen-bond donors (Lipinski definition) is 3. The highest BCUT2D eigenvalue weighted by atomic mass is 35.5. The normalized spacial score (nSPS) is 11.0. The number of nitrogens with one attached hydrogen (secondary N) is 1. The molecule has 2 aromatic rings. The first-order valence-electron chi connectivity index (χ1n) is 6.81. The summed E-state index contributed by atoms with van der Waals surface area (Å²) in [5, 5.41) is 7.73. The molecule has 1 amide bonds. The Bertz CT molecular complexity index is 913. The first-order chi connectivity index (χ1) is 11.7. The van der Waals surface area contributed by atoms with Crippen molar-refractivity contribution in [1.82, 2.24) is 0 Å². The van der Waals surface area contributed by atoms with Gasteiger partial charge in [0.05, 0.1) is 10.5 Å². The Kier molecular flexibility index (Phi) is 5.62. The van der Waals surface area contributed by atoms with Gasteiger partial charge in [-0.05, 0) is 42.5 Å². The Hall–Kier alpha value is -2.62. The van der Waals surface area contributed by atoms with Crippen molar-refractivity contribution in [3.05, 3.63) is 53.1 Å². The molecule has 0 saturated heterocycles. The number of sulfonamides is 1. The number of carbonyl (C=O) groups is 2. The molecule has 0 aliphatic heterocycles. The minimum atomic E-state index is -3.81. The van der Waals surface area contributed by atoms with E-state index in [4.69, 9.17) is 27.2 Å². The van der Waals surface area contributed by atoms with E-state index < -0.39 is 28.5 Å². The summed E-state index contributed by atoms with van der Waals surface area (Å²) in [5.41, 5.74) is 6.19. The van der Waals surface area contributed by atoms with E-state index in [1.54, 1.807) is 0 Å². The van der Waals surface area contributed by atoms with Crippen molar-refractivity contribution >= 4 is 44.9 Å². The monoisotopic (exact) mass is 383 g/mol. The Morgan fingerprint density at radius 1 is 1.12 bits per heavy atom. The third kappa shape index (κ3) is 5.18. The largest absolute Gasteiger partial charge is 0.452 e. The van der Waals surface area contributed by atoms with Crippen LogP contribution in [0.2, 0.25) is 5.02 Å². The van der Waals surface area contributed by atoms with Crippen molar-refractivity contribution < 1.29 is 22.7 Å². The predicted octanol–water partition coefficient (Wildman–Crippen LogP) is 1.37. The van der Waals surface area contributed by atoms with E-state index in [1.165, 1.54) is 42.5 Å². The highest BCUT2D eigenvalue weighted by molar-refractivity contribution is 7.89. The lowest BCUT2D eigenvalue weighted by atomic mass is 10.2. The van der Waals surface area contributed by atoms with E-state index in [9.17, 15) is 18.0 Å². The second-order valence-electron chi connectivity index (χ2n) is 4.93. The highest BCUT2D eigenvalue weighted by Gasteiger charge is 2.14. The lowest BCUT2D eigenvalue weighted by Gasteiger charge is -2.08. The summed E-state index contributed by atoms with van der Waals surface area (Å²) in [7, 11) is -3.81. The van der Waals surface area contributed by atoms with Crippen LogP contribution in [0.1, 0.15) is 10.4 Å². The molecule has 0 fully saturated rings. The summed E-state index contributed by atoms with van der Waals surface area (Å²) in [4.78, 5) is 23.6. The molecule has 25 heavy (non-hydrogen) atoms. The lowest BCUT2D eigenvalue weighted by molar-refractivity contribution is -0.119. The second kappa shape index (κ2) is 7.51. The molecule has 0 atom stereocenters. The van der Waals surface area contributed by atoms with E-state index in [-0.39, 0.29) is 16.1 Å². The number of nitrogen functional groups attached to an aromatic ring is 1. The highest BCUT2D eigenvalue weighted by Crippen LogP contribution is 2.19. The van der Waals surface area contributed by atoms with Crippen molar-refractivity contribution in [2.45, 2.75) is 4.90 Å². The van der Waals surface area contributed by atoms with Gasteiger partial charge < -0.3 is 15.8 Å². The van der Waals surface area contributed by atoms with Crippen LogP contribution in [0.3, 0.4) is 0 Å². The molecule has 0 aliphatic rings. The summed E-state index contributed by atoms with van der Waals surface area (Å²) in [6.07, 6.45) is 0. The fraction of sp³-hybridized carbons (Fsp3) is 0.0667. The van der Waals surface area contributed by atoms with Gasteiger partial charge in [-0.2, -0.15) is 0 Å². The number of ether oxygens (including phenoxy) is 1. The lowest BCUT2D eigenvalue weighted by Crippen LogP contribution is -2.21. The van der Waals surface area contributed by atoms with Crippen LogP contribution >= 0.6 is 11.6 Å². The number of esters is 1. The van der Waals surface area contributed by atoms with Gasteiger partial charge in [-0.1, -0.05) is 11.6 Å². The third-order valence-corrected chi connectivity index (χ3v) is 4.20. The number of halogens is 1. The van der Waals surface area contributed by atoms with Crippen molar-refractivity contribution in [3.8, 4) is 0 Å². The average Bonchev–Trinajstić information content (AvgIpc) is 2.54. The molecule has 2 rings (SSSR count). The van der Waals surface area contributed by atoms with E-state index >= 15 is 0 Å². The van der Waals surface area contributed by atoms with Gasteiger partial charge in [0.15, 0.2) is 6.61 Å².